The summed E-state index contributed by atoms with van der Waals surface area (Å²) in [6.07, 6.45) is 0. The van der Waals surface area contributed by atoms with Crippen molar-refractivity contribution in [3.8, 4) is 5.75 Å². The average Bonchev–Trinajstić information content (AvgIpc) is 2.43. The van der Waals surface area contributed by atoms with Crippen molar-refractivity contribution in [3.63, 3.8) is 0 Å². The van der Waals surface area contributed by atoms with Crippen LogP contribution in [0, 0.1) is 6.92 Å². The summed E-state index contributed by atoms with van der Waals surface area (Å²) < 4.78 is 5.15. The van der Waals surface area contributed by atoms with E-state index in [1.165, 1.54) is 0 Å². The summed E-state index contributed by atoms with van der Waals surface area (Å²) >= 11 is 6.23. The third-order valence-corrected chi connectivity index (χ3v) is 3.48. The lowest BCUT2D eigenvalue weighted by atomic mass is 9.95. The Hall–Kier alpha value is -1.81. The van der Waals surface area contributed by atoms with Gasteiger partial charge in [-0.3, -0.25) is 0 Å². The quantitative estimate of drug-likeness (QED) is 0.849. The molecule has 0 radical (unpaired) electrons. The maximum Gasteiger partial charge on any atom is 0.138 e. The Balaban J connectivity index is 2.36. The number of halogens is 1. The second kappa shape index (κ2) is 5.90. The van der Waals surface area contributed by atoms with E-state index in [-0.39, 0.29) is 5.41 Å². The van der Waals surface area contributed by atoms with Crippen molar-refractivity contribution in [2.75, 3.05) is 12.4 Å². The van der Waals surface area contributed by atoms with Crippen LogP contribution in [0.5, 0.6) is 5.75 Å². The molecule has 0 aliphatic rings. The fourth-order valence-corrected chi connectivity index (χ4v) is 1.93. The lowest BCUT2D eigenvalue weighted by Gasteiger charge is -2.19. The molecule has 0 bridgehead atoms. The first kappa shape index (κ1) is 15.6. The largest absolute Gasteiger partial charge is 0.497 e. The number of hydrogen-bond donors (Lipinski definition) is 1. The molecule has 0 aliphatic heterocycles. The van der Waals surface area contributed by atoms with E-state index >= 15 is 0 Å². The molecular formula is C16H20ClN3O. The van der Waals surface area contributed by atoms with Gasteiger partial charge >= 0.3 is 0 Å². The Bertz CT molecular complexity index is 633. The third kappa shape index (κ3) is 3.64. The first-order valence-electron chi connectivity index (χ1n) is 6.77. The van der Waals surface area contributed by atoms with Gasteiger partial charge in [0.15, 0.2) is 0 Å². The van der Waals surface area contributed by atoms with Crippen LogP contribution in [0.25, 0.3) is 0 Å². The number of nitrogens with zero attached hydrogens (tertiary/aromatic N) is 2. The van der Waals surface area contributed by atoms with Gasteiger partial charge in [0.2, 0.25) is 0 Å². The first-order chi connectivity index (χ1) is 9.81. The highest BCUT2D eigenvalue weighted by atomic mass is 35.5. The second-order valence-electron chi connectivity index (χ2n) is 5.92. The number of ether oxygens (including phenoxy) is 1. The van der Waals surface area contributed by atoms with Crippen molar-refractivity contribution in [2.45, 2.75) is 33.1 Å². The van der Waals surface area contributed by atoms with Crippen LogP contribution in [0.1, 0.15) is 32.2 Å². The van der Waals surface area contributed by atoms with Gasteiger partial charge in [0.1, 0.15) is 22.5 Å². The van der Waals surface area contributed by atoms with Gasteiger partial charge in [0, 0.05) is 16.7 Å². The molecule has 0 spiro atoms. The number of rotatable bonds is 3. The molecule has 1 aromatic carbocycles. The second-order valence-corrected chi connectivity index (χ2v) is 6.27. The molecule has 0 atom stereocenters. The summed E-state index contributed by atoms with van der Waals surface area (Å²) in [5.74, 6) is 2.26. The molecule has 0 fully saturated rings. The van der Waals surface area contributed by atoms with Crippen molar-refractivity contribution < 1.29 is 4.74 Å². The van der Waals surface area contributed by atoms with Crippen LogP contribution in [-0.2, 0) is 5.41 Å². The van der Waals surface area contributed by atoms with Gasteiger partial charge in [-0.2, -0.15) is 0 Å². The predicted molar refractivity (Wildman–Crippen MR) is 86.8 cm³/mol. The SMILES string of the molecule is COc1ccc(Nc2nc(C(C)(C)C)nc(Cl)c2C)cc1. The summed E-state index contributed by atoms with van der Waals surface area (Å²) in [6, 6.07) is 7.66. The molecule has 4 nitrogen and oxygen atoms in total. The highest BCUT2D eigenvalue weighted by Gasteiger charge is 2.20. The van der Waals surface area contributed by atoms with E-state index in [0.717, 1.165) is 22.8 Å². The number of methoxy groups -OCH3 is 1. The number of aromatic nitrogens is 2. The van der Waals surface area contributed by atoms with Gasteiger partial charge < -0.3 is 10.1 Å². The van der Waals surface area contributed by atoms with Crippen LogP contribution in [0.2, 0.25) is 5.15 Å². The molecule has 0 unspecified atom stereocenters. The summed E-state index contributed by atoms with van der Waals surface area (Å²) in [5, 5.41) is 3.76. The summed E-state index contributed by atoms with van der Waals surface area (Å²) in [5.41, 5.74) is 1.60. The fourth-order valence-electron chi connectivity index (χ4n) is 1.76. The van der Waals surface area contributed by atoms with Crippen molar-refractivity contribution in [3.05, 3.63) is 40.8 Å². The molecular weight excluding hydrogens is 286 g/mol. The van der Waals surface area contributed by atoms with E-state index in [1.54, 1.807) is 7.11 Å². The zero-order valence-corrected chi connectivity index (χ0v) is 13.7. The van der Waals surface area contributed by atoms with Crippen LogP contribution in [-0.4, -0.2) is 17.1 Å². The van der Waals surface area contributed by atoms with Gasteiger partial charge in [0.25, 0.3) is 0 Å². The van der Waals surface area contributed by atoms with Gasteiger partial charge in [-0.25, -0.2) is 9.97 Å². The Labute approximate surface area is 130 Å². The van der Waals surface area contributed by atoms with E-state index in [4.69, 9.17) is 16.3 Å². The highest BCUT2D eigenvalue weighted by Crippen LogP contribution is 2.28. The van der Waals surface area contributed by atoms with E-state index in [0.29, 0.717) is 11.0 Å². The molecule has 0 amide bonds. The average molecular weight is 306 g/mol. The topological polar surface area (TPSA) is 47.0 Å². The van der Waals surface area contributed by atoms with Gasteiger partial charge in [-0.1, -0.05) is 32.4 Å². The van der Waals surface area contributed by atoms with Crippen LogP contribution in [0.3, 0.4) is 0 Å². The van der Waals surface area contributed by atoms with Crippen LogP contribution >= 0.6 is 11.6 Å². The number of nitrogens with one attached hydrogen (secondary N) is 1. The Morgan fingerprint density at radius 2 is 1.71 bits per heavy atom. The molecule has 2 rings (SSSR count). The minimum atomic E-state index is -0.159. The lowest BCUT2D eigenvalue weighted by Crippen LogP contribution is -2.17. The number of anilines is 2. The van der Waals surface area contributed by atoms with E-state index < -0.39 is 0 Å². The molecule has 0 aliphatic carbocycles. The zero-order valence-electron chi connectivity index (χ0n) is 13.0. The Morgan fingerprint density at radius 1 is 1.10 bits per heavy atom. The Kier molecular flexibility index (Phi) is 4.37. The molecule has 1 heterocycles. The predicted octanol–water partition coefficient (Wildman–Crippen LogP) is 4.49. The normalized spacial score (nSPS) is 11.3. The monoisotopic (exact) mass is 305 g/mol. The molecule has 5 heteroatoms. The number of hydrogen-bond acceptors (Lipinski definition) is 4. The third-order valence-electron chi connectivity index (χ3n) is 3.11. The lowest BCUT2D eigenvalue weighted by molar-refractivity contribution is 0.415. The Morgan fingerprint density at radius 3 is 2.24 bits per heavy atom. The molecule has 1 aromatic heterocycles. The van der Waals surface area contributed by atoms with Crippen molar-refractivity contribution in [1.82, 2.24) is 9.97 Å². The molecule has 1 N–H and O–H groups in total. The minimum absolute atomic E-state index is 0.159. The van der Waals surface area contributed by atoms with Crippen LogP contribution in [0.15, 0.2) is 24.3 Å². The van der Waals surface area contributed by atoms with Gasteiger partial charge in [-0.05, 0) is 31.2 Å². The molecule has 0 saturated heterocycles. The standard InChI is InChI=1S/C16H20ClN3O/c1-10-13(17)19-15(16(2,3)4)20-14(10)18-11-6-8-12(21-5)9-7-11/h6-9H,1-5H3,(H,18,19,20). The summed E-state index contributed by atoms with van der Waals surface area (Å²) in [6.45, 7) is 8.09. The van der Waals surface area contributed by atoms with E-state index in [2.05, 4.69) is 36.1 Å². The van der Waals surface area contributed by atoms with E-state index in [1.807, 2.05) is 31.2 Å². The molecule has 21 heavy (non-hydrogen) atoms. The van der Waals surface area contributed by atoms with Crippen molar-refractivity contribution in [2.24, 2.45) is 0 Å². The van der Waals surface area contributed by atoms with Crippen LogP contribution in [0.4, 0.5) is 11.5 Å². The number of benzene rings is 1. The zero-order chi connectivity index (χ0) is 15.6. The summed E-state index contributed by atoms with van der Waals surface area (Å²) in [7, 11) is 1.65. The van der Waals surface area contributed by atoms with Gasteiger partial charge in [0.05, 0.1) is 7.11 Å². The highest BCUT2D eigenvalue weighted by molar-refractivity contribution is 6.30. The van der Waals surface area contributed by atoms with Crippen molar-refractivity contribution in [1.29, 1.82) is 0 Å². The molecule has 112 valence electrons. The van der Waals surface area contributed by atoms with Crippen LogP contribution < -0.4 is 10.1 Å². The van der Waals surface area contributed by atoms with E-state index in [9.17, 15) is 0 Å². The van der Waals surface area contributed by atoms with Crippen molar-refractivity contribution >= 4 is 23.1 Å². The molecule has 0 saturated carbocycles. The first-order valence-corrected chi connectivity index (χ1v) is 7.15. The molecule has 2 aromatic rings. The summed E-state index contributed by atoms with van der Waals surface area (Å²) in [4.78, 5) is 8.97. The minimum Gasteiger partial charge on any atom is -0.497 e. The maximum absolute atomic E-state index is 6.23. The van der Waals surface area contributed by atoms with Gasteiger partial charge in [-0.15, -0.1) is 0 Å². The maximum atomic E-state index is 6.23. The fraction of sp³-hybridized carbons (Fsp3) is 0.375. The smallest absolute Gasteiger partial charge is 0.138 e.